The van der Waals surface area contributed by atoms with Gasteiger partial charge in [0.2, 0.25) is 0 Å². The molecule has 0 bridgehead atoms. The van der Waals surface area contributed by atoms with E-state index in [4.69, 9.17) is 21.1 Å². The zero-order chi connectivity index (χ0) is 26.5. The van der Waals surface area contributed by atoms with Gasteiger partial charge in [0.05, 0.1) is 30.5 Å². The second-order valence-corrected chi connectivity index (χ2v) is 8.71. The second kappa shape index (κ2) is 11.1. The Kier molecular flexibility index (Phi) is 7.74. The van der Waals surface area contributed by atoms with Gasteiger partial charge in [0.15, 0.2) is 11.5 Å². The van der Waals surface area contributed by atoms with Crippen LogP contribution in [0.2, 0.25) is 5.02 Å². The molecule has 1 amide bonds. The van der Waals surface area contributed by atoms with E-state index in [9.17, 15) is 14.9 Å². The molecule has 10 heteroatoms. The lowest BCUT2D eigenvalue weighted by Gasteiger charge is -2.18. The average molecular weight is 521 g/mol. The number of hydrogen-bond donors (Lipinski definition) is 0. The van der Waals surface area contributed by atoms with Crippen molar-refractivity contribution in [2.75, 3.05) is 27.8 Å². The third-order valence-electron chi connectivity index (χ3n) is 5.89. The first-order valence-electron chi connectivity index (χ1n) is 11.4. The van der Waals surface area contributed by atoms with Crippen LogP contribution in [0.15, 0.2) is 72.8 Å². The van der Waals surface area contributed by atoms with Crippen molar-refractivity contribution < 1.29 is 19.2 Å². The molecule has 9 nitrogen and oxygen atoms in total. The molecule has 4 aromatic rings. The fourth-order valence-corrected chi connectivity index (χ4v) is 4.05. The molecule has 0 radical (unpaired) electrons. The molecule has 0 unspecified atom stereocenters. The monoisotopic (exact) mass is 520 g/mol. The van der Waals surface area contributed by atoms with Gasteiger partial charge in [-0.3, -0.25) is 14.9 Å². The van der Waals surface area contributed by atoms with E-state index in [1.54, 1.807) is 68.6 Å². The maximum absolute atomic E-state index is 13.6. The quantitative estimate of drug-likeness (QED) is 0.215. The number of carbonyl (C=O) groups excluding carboxylic acids is 1. The Morgan fingerprint density at radius 2 is 1.76 bits per heavy atom. The number of nitrogens with zero attached hydrogens (tertiary/aromatic N) is 4. The SMILES string of the molecule is COc1ccc(CCN(C)C(=O)c2cc(-c3ccc([N+](=O)[O-])cc3)nn2-c2cccc(Cl)c2)cc1OC. The van der Waals surface area contributed by atoms with E-state index in [1.807, 2.05) is 18.2 Å². The molecule has 0 fully saturated rings. The number of hydrogen-bond acceptors (Lipinski definition) is 6. The van der Waals surface area contributed by atoms with E-state index in [-0.39, 0.29) is 11.6 Å². The number of halogens is 1. The average Bonchev–Trinajstić information content (AvgIpc) is 3.36. The Morgan fingerprint density at radius 3 is 2.41 bits per heavy atom. The normalized spacial score (nSPS) is 10.7. The number of methoxy groups -OCH3 is 2. The summed E-state index contributed by atoms with van der Waals surface area (Å²) in [6.07, 6.45) is 0.600. The summed E-state index contributed by atoms with van der Waals surface area (Å²) in [5.41, 5.74) is 3.08. The number of likely N-dealkylation sites (N-methyl/N-ethyl adjacent to an activating group) is 1. The molecule has 0 aliphatic rings. The highest BCUT2D eigenvalue weighted by atomic mass is 35.5. The molecule has 190 valence electrons. The molecule has 3 aromatic carbocycles. The van der Waals surface area contributed by atoms with E-state index < -0.39 is 4.92 Å². The Bertz CT molecular complexity index is 1440. The highest BCUT2D eigenvalue weighted by Gasteiger charge is 2.21. The summed E-state index contributed by atoms with van der Waals surface area (Å²) in [5, 5.41) is 16.2. The standard InChI is InChI=1S/C27H25ClN4O5/c1-30(14-13-18-7-12-25(36-2)26(15-18)37-3)27(33)24-17-23(19-8-10-21(11-9-19)32(34)35)29-31(24)22-6-4-5-20(28)16-22/h4-12,15-17H,13-14H2,1-3H3. The summed E-state index contributed by atoms with van der Waals surface area (Å²) in [7, 11) is 4.89. The number of aromatic nitrogens is 2. The van der Waals surface area contributed by atoms with Gasteiger partial charge in [-0.15, -0.1) is 0 Å². The second-order valence-electron chi connectivity index (χ2n) is 8.28. The van der Waals surface area contributed by atoms with Crippen molar-refractivity contribution in [2.45, 2.75) is 6.42 Å². The van der Waals surface area contributed by atoms with Gasteiger partial charge < -0.3 is 14.4 Å². The fourth-order valence-electron chi connectivity index (χ4n) is 3.86. The van der Waals surface area contributed by atoms with Crippen LogP contribution in [0.5, 0.6) is 11.5 Å². The van der Waals surface area contributed by atoms with Crippen LogP contribution in [0.1, 0.15) is 16.1 Å². The zero-order valence-corrected chi connectivity index (χ0v) is 21.3. The van der Waals surface area contributed by atoms with E-state index in [0.29, 0.717) is 52.1 Å². The summed E-state index contributed by atoms with van der Waals surface area (Å²) in [5.74, 6) is 1.03. The number of carbonyl (C=O) groups is 1. The molecule has 0 spiro atoms. The van der Waals surface area contributed by atoms with Crippen molar-refractivity contribution in [1.29, 1.82) is 0 Å². The number of nitro groups is 1. The number of ether oxygens (including phenoxy) is 2. The van der Waals surface area contributed by atoms with Gasteiger partial charge in [-0.2, -0.15) is 5.10 Å². The van der Waals surface area contributed by atoms with Gasteiger partial charge in [-0.25, -0.2) is 4.68 Å². The highest BCUT2D eigenvalue weighted by Crippen LogP contribution is 2.28. The van der Waals surface area contributed by atoms with E-state index in [0.717, 1.165) is 5.56 Å². The number of amides is 1. The minimum Gasteiger partial charge on any atom is -0.493 e. The summed E-state index contributed by atoms with van der Waals surface area (Å²) in [6, 6.07) is 20.4. The summed E-state index contributed by atoms with van der Waals surface area (Å²) in [6.45, 7) is 0.446. The molecular formula is C27H25ClN4O5. The highest BCUT2D eigenvalue weighted by molar-refractivity contribution is 6.30. The Balaban J connectivity index is 1.63. The lowest BCUT2D eigenvalue weighted by atomic mass is 10.1. The van der Waals surface area contributed by atoms with Crippen molar-refractivity contribution in [3.63, 3.8) is 0 Å². The van der Waals surface area contributed by atoms with Crippen LogP contribution in [0.25, 0.3) is 16.9 Å². The summed E-state index contributed by atoms with van der Waals surface area (Å²) >= 11 is 6.20. The topological polar surface area (TPSA) is 99.7 Å². The molecule has 0 saturated heterocycles. The predicted octanol–water partition coefficient (Wildman–Crippen LogP) is 5.43. The molecule has 1 heterocycles. The minimum atomic E-state index is -0.462. The van der Waals surface area contributed by atoms with Gasteiger partial charge >= 0.3 is 0 Å². The molecule has 0 N–H and O–H groups in total. The maximum atomic E-state index is 13.6. The molecule has 1 aromatic heterocycles. The molecule has 0 aliphatic carbocycles. The molecular weight excluding hydrogens is 496 g/mol. The summed E-state index contributed by atoms with van der Waals surface area (Å²) < 4.78 is 12.2. The van der Waals surface area contributed by atoms with Gasteiger partial charge in [-0.1, -0.05) is 23.7 Å². The number of non-ortho nitro benzene ring substituents is 1. The van der Waals surface area contributed by atoms with Crippen LogP contribution < -0.4 is 9.47 Å². The van der Waals surface area contributed by atoms with Gasteiger partial charge in [0, 0.05) is 36.3 Å². The molecule has 37 heavy (non-hydrogen) atoms. The van der Waals surface area contributed by atoms with Crippen LogP contribution in [0, 0.1) is 10.1 Å². The largest absolute Gasteiger partial charge is 0.493 e. The molecule has 0 atom stereocenters. The van der Waals surface area contributed by atoms with Crippen molar-refractivity contribution in [1.82, 2.24) is 14.7 Å². The molecule has 0 saturated carbocycles. The van der Waals surface area contributed by atoms with E-state index in [1.165, 1.54) is 16.8 Å². The smallest absolute Gasteiger partial charge is 0.272 e. The van der Waals surface area contributed by atoms with Crippen LogP contribution in [-0.4, -0.2) is 53.3 Å². The van der Waals surface area contributed by atoms with Gasteiger partial charge in [-0.05, 0) is 60.5 Å². The third-order valence-corrected chi connectivity index (χ3v) is 6.12. The van der Waals surface area contributed by atoms with Crippen molar-refractivity contribution >= 4 is 23.2 Å². The number of benzene rings is 3. The molecule has 4 rings (SSSR count). The van der Waals surface area contributed by atoms with Crippen LogP contribution >= 0.6 is 11.6 Å². The van der Waals surface area contributed by atoms with Gasteiger partial charge in [0.25, 0.3) is 11.6 Å². The van der Waals surface area contributed by atoms with Crippen LogP contribution in [0.3, 0.4) is 0 Å². The zero-order valence-electron chi connectivity index (χ0n) is 20.6. The first-order chi connectivity index (χ1) is 17.8. The van der Waals surface area contributed by atoms with Gasteiger partial charge in [0.1, 0.15) is 5.69 Å². The lowest BCUT2D eigenvalue weighted by molar-refractivity contribution is -0.384. The number of nitro benzene ring substituents is 1. The lowest BCUT2D eigenvalue weighted by Crippen LogP contribution is -2.30. The van der Waals surface area contributed by atoms with Crippen LogP contribution in [-0.2, 0) is 6.42 Å². The summed E-state index contributed by atoms with van der Waals surface area (Å²) in [4.78, 5) is 25.7. The first-order valence-corrected chi connectivity index (χ1v) is 11.8. The third kappa shape index (κ3) is 5.73. The first kappa shape index (κ1) is 25.7. The van der Waals surface area contributed by atoms with E-state index in [2.05, 4.69) is 5.10 Å². The Hall–Kier alpha value is -4.37. The van der Waals surface area contributed by atoms with E-state index >= 15 is 0 Å². The Morgan fingerprint density at radius 1 is 1.03 bits per heavy atom. The van der Waals surface area contributed by atoms with Crippen molar-refractivity contribution in [2.24, 2.45) is 0 Å². The minimum absolute atomic E-state index is 0.0239. The fraction of sp³-hybridized carbons (Fsp3) is 0.185. The van der Waals surface area contributed by atoms with Crippen LogP contribution in [0.4, 0.5) is 5.69 Å². The predicted molar refractivity (Wildman–Crippen MR) is 141 cm³/mol. The molecule has 0 aliphatic heterocycles. The van der Waals surface area contributed by atoms with Crippen molar-refractivity contribution in [3.05, 3.63) is 99.2 Å². The Labute approximate surface area is 219 Å². The maximum Gasteiger partial charge on any atom is 0.272 e. The number of rotatable bonds is 9. The van der Waals surface area contributed by atoms with Crippen molar-refractivity contribution in [3.8, 4) is 28.4 Å².